The van der Waals surface area contributed by atoms with Crippen LogP contribution in [0.4, 0.5) is 4.39 Å². The van der Waals surface area contributed by atoms with Crippen molar-refractivity contribution in [3.8, 4) is 22.9 Å². The Morgan fingerprint density at radius 2 is 1.90 bits per heavy atom. The summed E-state index contributed by atoms with van der Waals surface area (Å²) in [5, 5.41) is -0.271. The first kappa shape index (κ1) is 29.5. The van der Waals surface area contributed by atoms with Crippen molar-refractivity contribution in [2.75, 3.05) is 6.61 Å². The second-order valence-electron chi connectivity index (χ2n) is 11.3. The van der Waals surface area contributed by atoms with Crippen LogP contribution in [-0.4, -0.2) is 37.0 Å². The second kappa shape index (κ2) is 11.5. The number of carbonyl (C=O) groups excluding carboxylic acids is 1. The Balaban J connectivity index is 0.00000308. The molecule has 10 heteroatoms. The van der Waals surface area contributed by atoms with Crippen LogP contribution < -0.4 is 14.2 Å². The Morgan fingerprint density at radius 3 is 2.52 bits per heavy atom. The Bertz CT molecular complexity index is 1520. The third kappa shape index (κ3) is 6.96. The molecular formula is C30H40FN3O5S. The Labute approximate surface area is 238 Å². The van der Waals surface area contributed by atoms with Crippen molar-refractivity contribution in [1.29, 1.82) is 0 Å². The first-order valence-corrected chi connectivity index (χ1v) is 14.9. The van der Waals surface area contributed by atoms with Gasteiger partial charge in [-0.25, -0.2) is 19.1 Å². The molecule has 2 aromatic heterocycles. The van der Waals surface area contributed by atoms with Gasteiger partial charge in [0, 0.05) is 26.1 Å². The fraction of sp³-hybridized carbons (Fsp3) is 0.433. The molecule has 2 unspecified atom stereocenters. The van der Waals surface area contributed by atoms with Crippen molar-refractivity contribution in [1.82, 2.24) is 14.7 Å². The van der Waals surface area contributed by atoms with Crippen LogP contribution in [0.3, 0.4) is 0 Å². The minimum atomic E-state index is -4.25. The standard InChI is InChI=1S/C30H36FN3O5S.2H2/c1-7-26(24-16-30(24,5)6)39-29-23(28(35)34-40(36,37)27-10-8-9-19(4)32-27)11-12-25(33-29)20-13-21(31)15-22(14-20)38-17-18(2)3;;/h8-15,18,24,26H,7,16-17H2,1-6H3,(H,34,35);2*1H. The van der Waals surface area contributed by atoms with Gasteiger partial charge in [-0.1, -0.05) is 40.7 Å². The maximum absolute atomic E-state index is 14.5. The van der Waals surface area contributed by atoms with E-state index in [0.29, 0.717) is 35.7 Å². The van der Waals surface area contributed by atoms with Gasteiger partial charge in [0.2, 0.25) is 5.88 Å². The molecule has 1 amide bonds. The number of rotatable bonds is 11. The third-order valence-electron chi connectivity index (χ3n) is 6.92. The normalized spacial score (nSPS) is 16.9. The number of nitrogens with zero attached hydrogens (tertiary/aromatic N) is 2. The second-order valence-corrected chi connectivity index (χ2v) is 13.0. The number of nitrogens with one attached hydrogen (secondary N) is 1. The van der Waals surface area contributed by atoms with E-state index >= 15 is 0 Å². The molecule has 40 heavy (non-hydrogen) atoms. The number of hydrogen-bond acceptors (Lipinski definition) is 7. The molecule has 0 spiro atoms. The predicted molar refractivity (Wildman–Crippen MR) is 154 cm³/mol. The van der Waals surface area contributed by atoms with Crippen LogP contribution >= 0.6 is 0 Å². The van der Waals surface area contributed by atoms with Crippen LogP contribution in [-0.2, 0) is 10.0 Å². The lowest BCUT2D eigenvalue weighted by Gasteiger charge is -2.21. The van der Waals surface area contributed by atoms with Gasteiger partial charge in [-0.2, -0.15) is 8.42 Å². The fourth-order valence-corrected chi connectivity index (χ4v) is 5.53. The van der Waals surface area contributed by atoms with E-state index in [9.17, 15) is 17.6 Å². The molecule has 1 aliphatic rings. The van der Waals surface area contributed by atoms with Gasteiger partial charge in [0.1, 0.15) is 23.2 Å². The van der Waals surface area contributed by atoms with Crippen LogP contribution in [0.2, 0.25) is 0 Å². The summed E-state index contributed by atoms with van der Waals surface area (Å²) in [5.74, 6) is -0.549. The highest BCUT2D eigenvalue weighted by Gasteiger charge is 2.51. The zero-order valence-corrected chi connectivity index (χ0v) is 24.5. The van der Waals surface area contributed by atoms with Crippen molar-refractivity contribution in [3.63, 3.8) is 0 Å². The Hall–Kier alpha value is -3.53. The van der Waals surface area contributed by atoms with Crippen molar-refractivity contribution >= 4 is 15.9 Å². The molecule has 3 aromatic rings. The number of halogens is 1. The number of ether oxygens (including phenoxy) is 2. The van der Waals surface area contributed by atoms with Gasteiger partial charge in [-0.3, -0.25) is 4.79 Å². The van der Waals surface area contributed by atoms with Crippen molar-refractivity contribution in [2.45, 2.75) is 65.5 Å². The molecule has 0 saturated heterocycles. The zero-order valence-electron chi connectivity index (χ0n) is 23.7. The molecule has 8 nitrogen and oxygen atoms in total. The molecule has 1 aromatic carbocycles. The van der Waals surface area contributed by atoms with Crippen LogP contribution in [0.5, 0.6) is 11.6 Å². The van der Waals surface area contributed by atoms with Crippen molar-refractivity contribution in [2.24, 2.45) is 17.3 Å². The number of hydrogen-bond donors (Lipinski definition) is 1. The van der Waals surface area contributed by atoms with Crippen LogP contribution in [0.25, 0.3) is 11.3 Å². The molecule has 1 saturated carbocycles. The number of sulfonamides is 1. The molecule has 1 aliphatic carbocycles. The number of pyridine rings is 2. The molecule has 0 bridgehead atoms. The summed E-state index contributed by atoms with van der Waals surface area (Å²) in [6, 6.07) is 11.8. The smallest absolute Gasteiger partial charge is 0.281 e. The highest BCUT2D eigenvalue weighted by Crippen LogP contribution is 2.55. The SMILES string of the molecule is CCC(Oc1nc(-c2cc(F)cc(OCC(C)C)c2)ccc1C(=O)NS(=O)(=O)c1cccc(C)n1)C1CC1(C)C.[HH].[HH]. The number of amides is 1. The summed E-state index contributed by atoms with van der Waals surface area (Å²) < 4.78 is 54.5. The summed E-state index contributed by atoms with van der Waals surface area (Å²) in [6.07, 6.45) is 1.39. The van der Waals surface area contributed by atoms with E-state index in [1.165, 1.54) is 30.3 Å². The average molecular weight is 574 g/mol. The summed E-state index contributed by atoms with van der Waals surface area (Å²) >= 11 is 0. The Morgan fingerprint density at radius 1 is 1.18 bits per heavy atom. The van der Waals surface area contributed by atoms with Crippen LogP contribution in [0.1, 0.15) is 66.4 Å². The van der Waals surface area contributed by atoms with Gasteiger partial charge in [0.05, 0.1) is 12.3 Å². The van der Waals surface area contributed by atoms with Gasteiger partial charge in [0.15, 0.2) is 5.03 Å². The highest BCUT2D eigenvalue weighted by molar-refractivity contribution is 7.90. The Kier molecular flexibility index (Phi) is 8.49. The molecule has 1 fully saturated rings. The van der Waals surface area contributed by atoms with Gasteiger partial charge >= 0.3 is 0 Å². The minimum absolute atomic E-state index is 0. The van der Waals surface area contributed by atoms with Crippen molar-refractivity contribution in [3.05, 3.63) is 65.6 Å². The summed E-state index contributed by atoms with van der Waals surface area (Å²) in [4.78, 5) is 21.9. The highest BCUT2D eigenvalue weighted by atomic mass is 32.2. The lowest BCUT2D eigenvalue weighted by molar-refractivity contribution is 0.0966. The molecular weight excluding hydrogens is 533 g/mol. The van der Waals surface area contributed by atoms with Gasteiger partial charge in [-0.05, 0) is 67.5 Å². The molecule has 0 radical (unpaired) electrons. The molecule has 4 rings (SSSR count). The largest absolute Gasteiger partial charge is 0.493 e. The first-order chi connectivity index (χ1) is 18.8. The van der Waals surface area contributed by atoms with Gasteiger partial charge in [-0.15, -0.1) is 0 Å². The number of benzene rings is 1. The topological polar surface area (TPSA) is 107 Å². The third-order valence-corrected chi connectivity index (χ3v) is 8.16. The summed E-state index contributed by atoms with van der Waals surface area (Å²) in [5.41, 5.74) is 1.33. The number of aromatic nitrogens is 2. The lowest BCUT2D eigenvalue weighted by Crippen LogP contribution is -2.32. The van der Waals surface area contributed by atoms with E-state index in [2.05, 4.69) is 28.5 Å². The summed E-state index contributed by atoms with van der Waals surface area (Å²) in [6.45, 7) is 12.4. The molecule has 218 valence electrons. The number of carbonyl (C=O) groups is 1. The van der Waals surface area contributed by atoms with E-state index < -0.39 is 21.7 Å². The van der Waals surface area contributed by atoms with Crippen LogP contribution in [0, 0.1) is 30.0 Å². The van der Waals surface area contributed by atoms with Crippen LogP contribution in [0.15, 0.2) is 53.6 Å². The quantitative estimate of drug-likeness (QED) is 0.281. The fourth-order valence-electron chi connectivity index (χ4n) is 4.55. The predicted octanol–water partition coefficient (Wildman–Crippen LogP) is 6.44. The van der Waals surface area contributed by atoms with E-state index in [-0.39, 0.29) is 42.7 Å². The maximum Gasteiger partial charge on any atom is 0.281 e. The van der Waals surface area contributed by atoms with Gasteiger partial charge < -0.3 is 9.47 Å². The van der Waals surface area contributed by atoms with E-state index in [1.807, 2.05) is 20.8 Å². The van der Waals surface area contributed by atoms with E-state index in [1.54, 1.807) is 25.1 Å². The molecule has 2 heterocycles. The monoisotopic (exact) mass is 573 g/mol. The first-order valence-electron chi connectivity index (χ1n) is 13.4. The lowest BCUT2D eigenvalue weighted by atomic mass is 10.0. The summed E-state index contributed by atoms with van der Waals surface area (Å²) in [7, 11) is -4.25. The van der Waals surface area contributed by atoms with Crippen molar-refractivity contribution < 1.29 is 29.9 Å². The van der Waals surface area contributed by atoms with E-state index in [4.69, 9.17) is 9.47 Å². The number of aryl methyl sites for hydroxylation is 1. The van der Waals surface area contributed by atoms with E-state index in [0.717, 1.165) is 6.42 Å². The molecule has 0 aliphatic heterocycles. The molecule has 1 N–H and O–H groups in total. The molecule has 2 atom stereocenters. The average Bonchev–Trinajstić information content (AvgIpc) is 3.52. The zero-order chi connectivity index (χ0) is 29.2. The maximum atomic E-state index is 14.5. The van der Waals surface area contributed by atoms with Gasteiger partial charge in [0.25, 0.3) is 15.9 Å². The minimum Gasteiger partial charge on any atom is -0.493 e.